The Labute approximate surface area is 111 Å². The van der Waals surface area contributed by atoms with Crippen molar-refractivity contribution in [3.8, 4) is 0 Å². The second-order valence-corrected chi connectivity index (χ2v) is 5.13. The minimum atomic E-state index is 0.664. The first-order valence-corrected chi connectivity index (χ1v) is 6.44. The maximum Gasteiger partial charge on any atom is 0.240 e. The molecular weight excluding hydrogens is 242 g/mol. The van der Waals surface area contributed by atoms with Crippen LogP contribution in [0.1, 0.15) is 11.1 Å². The van der Waals surface area contributed by atoms with E-state index in [1.165, 1.54) is 16.0 Å². The average molecular weight is 255 g/mol. The van der Waals surface area contributed by atoms with Gasteiger partial charge in [0, 0.05) is 9.79 Å². The van der Waals surface area contributed by atoms with Crippen molar-refractivity contribution in [2.45, 2.75) is 23.6 Å². The van der Waals surface area contributed by atoms with Gasteiger partial charge in [0.05, 0.1) is 5.69 Å². The number of rotatable bonds is 3. The third-order valence-electron chi connectivity index (χ3n) is 2.58. The molecular formula is C15H13NOS. The number of isocyanates is 1. The van der Waals surface area contributed by atoms with Gasteiger partial charge in [-0.05, 0) is 37.6 Å². The summed E-state index contributed by atoms with van der Waals surface area (Å²) in [5.41, 5.74) is 3.14. The van der Waals surface area contributed by atoms with Gasteiger partial charge in [-0.3, -0.25) is 0 Å². The van der Waals surface area contributed by atoms with E-state index in [9.17, 15) is 4.79 Å². The second-order valence-electron chi connectivity index (χ2n) is 4.04. The maximum absolute atomic E-state index is 10.4. The van der Waals surface area contributed by atoms with Gasteiger partial charge in [-0.1, -0.05) is 41.6 Å². The largest absolute Gasteiger partial charge is 0.240 e. The van der Waals surface area contributed by atoms with Gasteiger partial charge >= 0.3 is 0 Å². The van der Waals surface area contributed by atoms with Gasteiger partial charge in [0.25, 0.3) is 0 Å². The van der Waals surface area contributed by atoms with E-state index in [1.807, 2.05) is 24.3 Å². The van der Waals surface area contributed by atoms with Gasteiger partial charge in [0.2, 0.25) is 6.08 Å². The quantitative estimate of drug-likeness (QED) is 0.600. The Morgan fingerprint density at radius 3 is 2.56 bits per heavy atom. The van der Waals surface area contributed by atoms with Gasteiger partial charge in [-0.25, -0.2) is 4.79 Å². The van der Waals surface area contributed by atoms with Crippen LogP contribution in [0.3, 0.4) is 0 Å². The van der Waals surface area contributed by atoms with Crippen molar-refractivity contribution in [1.29, 1.82) is 0 Å². The molecule has 2 nitrogen and oxygen atoms in total. The zero-order chi connectivity index (χ0) is 13.0. The maximum atomic E-state index is 10.4. The normalized spacial score (nSPS) is 9.89. The van der Waals surface area contributed by atoms with Crippen LogP contribution in [0.15, 0.2) is 57.2 Å². The average Bonchev–Trinajstić information content (AvgIpc) is 2.35. The number of para-hydroxylation sites is 1. The van der Waals surface area contributed by atoms with Crippen LogP contribution in [0.4, 0.5) is 5.69 Å². The summed E-state index contributed by atoms with van der Waals surface area (Å²) in [5, 5.41) is 0. The molecule has 2 aromatic rings. The highest BCUT2D eigenvalue weighted by atomic mass is 32.2. The van der Waals surface area contributed by atoms with Crippen LogP contribution in [0.2, 0.25) is 0 Å². The minimum Gasteiger partial charge on any atom is -0.211 e. The summed E-state index contributed by atoms with van der Waals surface area (Å²) in [6.07, 6.45) is 1.60. The lowest BCUT2D eigenvalue weighted by Crippen LogP contribution is -1.82. The van der Waals surface area contributed by atoms with Crippen LogP contribution in [0, 0.1) is 13.8 Å². The Kier molecular flexibility index (Phi) is 3.98. The molecule has 0 heterocycles. The molecule has 0 N–H and O–H groups in total. The lowest BCUT2D eigenvalue weighted by atomic mass is 10.2. The molecule has 0 bridgehead atoms. The number of carbonyl (C=O) groups excluding carboxylic acids is 1. The van der Waals surface area contributed by atoms with Gasteiger partial charge in [0.1, 0.15) is 0 Å². The van der Waals surface area contributed by atoms with Crippen LogP contribution in [-0.2, 0) is 4.79 Å². The summed E-state index contributed by atoms with van der Waals surface area (Å²) >= 11 is 1.62. The van der Waals surface area contributed by atoms with Crippen LogP contribution >= 0.6 is 11.8 Å². The zero-order valence-corrected chi connectivity index (χ0v) is 11.1. The molecule has 3 heteroatoms. The zero-order valence-electron chi connectivity index (χ0n) is 10.3. The summed E-state index contributed by atoms with van der Waals surface area (Å²) in [6, 6.07) is 13.9. The molecule has 0 fully saturated rings. The second kappa shape index (κ2) is 5.67. The van der Waals surface area contributed by atoms with Gasteiger partial charge in [0.15, 0.2) is 0 Å². The van der Waals surface area contributed by atoms with Crippen molar-refractivity contribution < 1.29 is 4.79 Å². The predicted molar refractivity (Wildman–Crippen MR) is 74.3 cm³/mol. The molecule has 0 radical (unpaired) electrons. The molecule has 0 atom stereocenters. The summed E-state index contributed by atoms with van der Waals surface area (Å²) in [6.45, 7) is 4.16. The summed E-state index contributed by atoms with van der Waals surface area (Å²) in [5.74, 6) is 0. The Balaban J connectivity index is 2.36. The van der Waals surface area contributed by atoms with E-state index >= 15 is 0 Å². The molecule has 0 aliphatic heterocycles. The predicted octanol–water partition coefficient (Wildman–Crippen LogP) is 4.42. The molecule has 0 aromatic heterocycles. The van der Waals surface area contributed by atoms with Crippen LogP contribution < -0.4 is 0 Å². The van der Waals surface area contributed by atoms with E-state index in [0.29, 0.717) is 5.69 Å². The number of hydrogen-bond donors (Lipinski definition) is 0. The first kappa shape index (κ1) is 12.6. The van der Waals surface area contributed by atoms with Crippen LogP contribution in [0.25, 0.3) is 0 Å². The molecule has 0 unspecified atom stereocenters. The van der Waals surface area contributed by atoms with E-state index in [0.717, 1.165) is 4.90 Å². The third kappa shape index (κ3) is 2.89. The lowest BCUT2D eigenvalue weighted by Gasteiger charge is -2.07. The minimum absolute atomic E-state index is 0.664. The van der Waals surface area contributed by atoms with Crippen molar-refractivity contribution >= 4 is 23.5 Å². The monoisotopic (exact) mass is 255 g/mol. The fourth-order valence-corrected chi connectivity index (χ4v) is 2.68. The smallest absolute Gasteiger partial charge is 0.211 e. The first-order chi connectivity index (χ1) is 8.70. The van der Waals surface area contributed by atoms with E-state index < -0.39 is 0 Å². The van der Waals surface area contributed by atoms with Crippen molar-refractivity contribution in [3.63, 3.8) is 0 Å². The number of benzene rings is 2. The Hall–Kier alpha value is -1.83. The number of hydrogen-bond acceptors (Lipinski definition) is 3. The highest BCUT2D eigenvalue weighted by Gasteiger charge is 2.05. The fraction of sp³-hybridized carbons (Fsp3) is 0.133. The summed E-state index contributed by atoms with van der Waals surface area (Å²) in [7, 11) is 0. The molecule has 0 saturated carbocycles. The number of aliphatic imine (C=N–C) groups is 1. The standard InChI is InChI=1S/C15H13NOS/c1-11-7-8-14(12(2)9-11)18-15-6-4-3-5-13(15)16-10-17/h3-9H,1-2H3. The summed E-state index contributed by atoms with van der Waals surface area (Å²) < 4.78 is 0. The molecule has 90 valence electrons. The SMILES string of the molecule is Cc1ccc(Sc2ccccc2N=C=O)c(C)c1. The lowest BCUT2D eigenvalue weighted by molar-refractivity contribution is 0.565. The molecule has 2 aromatic carbocycles. The first-order valence-electron chi connectivity index (χ1n) is 5.62. The van der Waals surface area contributed by atoms with E-state index in [-0.39, 0.29) is 0 Å². The Morgan fingerprint density at radius 1 is 1.06 bits per heavy atom. The molecule has 0 aliphatic carbocycles. The van der Waals surface area contributed by atoms with E-state index in [2.05, 4.69) is 37.0 Å². The fourth-order valence-electron chi connectivity index (χ4n) is 1.72. The van der Waals surface area contributed by atoms with Gasteiger partial charge < -0.3 is 0 Å². The van der Waals surface area contributed by atoms with Crippen molar-refractivity contribution in [3.05, 3.63) is 53.6 Å². The summed E-state index contributed by atoms with van der Waals surface area (Å²) in [4.78, 5) is 16.3. The Bertz CT molecular complexity index is 616. The topological polar surface area (TPSA) is 29.4 Å². The molecule has 0 amide bonds. The molecule has 2 rings (SSSR count). The molecule has 0 saturated heterocycles. The van der Waals surface area contributed by atoms with Gasteiger partial charge in [-0.15, -0.1) is 0 Å². The van der Waals surface area contributed by atoms with E-state index in [1.54, 1.807) is 17.8 Å². The number of nitrogens with zero attached hydrogens (tertiary/aromatic N) is 1. The van der Waals surface area contributed by atoms with Crippen LogP contribution in [0.5, 0.6) is 0 Å². The van der Waals surface area contributed by atoms with E-state index in [4.69, 9.17) is 0 Å². The number of aryl methyl sites for hydroxylation is 2. The highest BCUT2D eigenvalue weighted by molar-refractivity contribution is 7.99. The molecule has 0 spiro atoms. The van der Waals surface area contributed by atoms with Crippen molar-refractivity contribution in [2.75, 3.05) is 0 Å². The van der Waals surface area contributed by atoms with Crippen molar-refractivity contribution in [2.24, 2.45) is 4.99 Å². The Morgan fingerprint density at radius 2 is 1.83 bits per heavy atom. The van der Waals surface area contributed by atoms with Crippen molar-refractivity contribution in [1.82, 2.24) is 0 Å². The molecule has 0 aliphatic rings. The third-order valence-corrected chi connectivity index (χ3v) is 3.82. The van der Waals surface area contributed by atoms with Crippen LogP contribution in [-0.4, -0.2) is 6.08 Å². The highest BCUT2D eigenvalue weighted by Crippen LogP contribution is 2.36. The molecule has 18 heavy (non-hydrogen) atoms. The van der Waals surface area contributed by atoms with Gasteiger partial charge in [-0.2, -0.15) is 4.99 Å².